The molecule has 1 nitrogen and oxygen atoms in total. The lowest BCUT2D eigenvalue weighted by Gasteiger charge is -2.12. The molecule has 0 radical (unpaired) electrons. The molecule has 0 amide bonds. The van der Waals surface area contributed by atoms with E-state index in [9.17, 15) is 5.26 Å². The van der Waals surface area contributed by atoms with Crippen molar-refractivity contribution in [1.29, 1.82) is 5.26 Å². The van der Waals surface area contributed by atoms with Crippen molar-refractivity contribution < 1.29 is 0 Å². The van der Waals surface area contributed by atoms with Gasteiger partial charge < -0.3 is 0 Å². The van der Waals surface area contributed by atoms with Crippen molar-refractivity contribution in [3.63, 3.8) is 0 Å². The standard InChI is InChI=1S/C14H17Cl2N/c1-2-3-4-5-7-11(10-17)14-12(15)8-6-9-13(14)16/h6,8-9,11H,2-5,7H2,1H3/t11-/m1/s1. The first-order chi connectivity index (χ1) is 8.20. The zero-order valence-corrected chi connectivity index (χ0v) is 11.6. The second kappa shape index (κ2) is 7.58. The highest BCUT2D eigenvalue weighted by atomic mass is 35.5. The second-order valence-electron chi connectivity index (χ2n) is 4.17. The first-order valence-electron chi connectivity index (χ1n) is 6.04. The van der Waals surface area contributed by atoms with Crippen molar-refractivity contribution in [1.82, 2.24) is 0 Å². The molecule has 0 unspecified atom stereocenters. The van der Waals surface area contributed by atoms with Crippen molar-refractivity contribution in [2.75, 3.05) is 0 Å². The Balaban J connectivity index is 2.70. The molecule has 0 heterocycles. The van der Waals surface area contributed by atoms with E-state index >= 15 is 0 Å². The van der Waals surface area contributed by atoms with Gasteiger partial charge in [0, 0.05) is 15.6 Å². The monoisotopic (exact) mass is 269 g/mol. The smallest absolute Gasteiger partial charge is 0.0742 e. The molecule has 0 saturated carbocycles. The van der Waals surface area contributed by atoms with Gasteiger partial charge in [-0.1, -0.05) is 61.9 Å². The SMILES string of the molecule is CCCCCC[C@H](C#N)c1c(Cl)cccc1Cl. The first kappa shape index (κ1) is 14.4. The fourth-order valence-electron chi connectivity index (χ4n) is 1.89. The van der Waals surface area contributed by atoms with E-state index in [2.05, 4.69) is 13.0 Å². The topological polar surface area (TPSA) is 23.8 Å². The molecule has 0 saturated heterocycles. The number of hydrogen-bond donors (Lipinski definition) is 0. The van der Waals surface area contributed by atoms with Crippen molar-refractivity contribution in [3.8, 4) is 6.07 Å². The largest absolute Gasteiger partial charge is 0.198 e. The molecular formula is C14H17Cl2N. The molecule has 0 N–H and O–H groups in total. The summed E-state index contributed by atoms with van der Waals surface area (Å²) in [4.78, 5) is 0. The molecule has 0 fully saturated rings. The highest BCUT2D eigenvalue weighted by Crippen LogP contribution is 2.34. The summed E-state index contributed by atoms with van der Waals surface area (Å²) in [5, 5.41) is 10.4. The van der Waals surface area contributed by atoms with Gasteiger partial charge in [-0.15, -0.1) is 0 Å². The predicted molar refractivity (Wildman–Crippen MR) is 73.6 cm³/mol. The van der Waals surface area contributed by atoms with Gasteiger partial charge in [-0.3, -0.25) is 0 Å². The third-order valence-corrected chi connectivity index (χ3v) is 3.51. The van der Waals surface area contributed by atoms with Gasteiger partial charge in [0.05, 0.1) is 12.0 Å². The van der Waals surface area contributed by atoms with Crippen LogP contribution in [0.3, 0.4) is 0 Å². The summed E-state index contributed by atoms with van der Waals surface area (Å²) >= 11 is 12.2. The minimum Gasteiger partial charge on any atom is -0.198 e. The summed E-state index contributed by atoms with van der Waals surface area (Å²) in [7, 11) is 0. The molecule has 0 aliphatic heterocycles. The summed E-state index contributed by atoms with van der Waals surface area (Å²) in [6.07, 6.45) is 5.46. The number of rotatable bonds is 6. The van der Waals surface area contributed by atoms with Crippen LogP contribution in [0.5, 0.6) is 0 Å². The quantitative estimate of drug-likeness (QED) is 0.620. The summed E-state index contributed by atoms with van der Waals surface area (Å²) in [6.45, 7) is 2.17. The molecule has 0 aliphatic carbocycles. The number of nitriles is 1. The minimum absolute atomic E-state index is 0.187. The van der Waals surface area contributed by atoms with Crippen LogP contribution < -0.4 is 0 Å². The molecule has 1 rings (SSSR count). The van der Waals surface area contributed by atoms with E-state index in [4.69, 9.17) is 23.2 Å². The van der Waals surface area contributed by atoms with Gasteiger partial charge in [-0.25, -0.2) is 0 Å². The Morgan fingerprint density at radius 2 is 1.82 bits per heavy atom. The highest BCUT2D eigenvalue weighted by molar-refractivity contribution is 6.36. The Morgan fingerprint density at radius 3 is 2.35 bits per heavy atom. The fraction of sp³-hybridized carbons (Fsp3) is 0.500. The summed E-state index contributed by atoms with van der Waals surface area (Å²) in [5.41, 5.74) is 0.787. The second-order valence-corrected chi connectivity index (χ2v) is 4.98. The lowest BCUT2D eigenvalue weighted by Crippen LogP contribution is -1.98. The average molecular weight is 270 g/mol. The van der Waals surface area contributed by atoms with E-state index in [0.29, 0.717) is 10.0 Å². The van der Waals surface area contributed by atoms with Crippen LogP contribution in [0.2, 0.25) is 10.0 Å². The molecule has 0 aromatic heterocycles. The van der Waals surface area contributed by atoms with Crippen LogP contribution in [-0.2, 0) is 0 Å². The van der Waals surface area contributed by atoms with Crippen LogP contribution >= 0.6 is 23.2 Å². The molecule has 1 atom stereocenters. The minimum atomic E-state index is -0.187. The Hall–Kier alpha value is -0.710. The van der Waals surface area contributed by atoms with Crippen LogP contribution in [0.1, 0.15) is 50.5 Å². The summed E-state index contributed by atoms with van der Waals surface area (Å²) in [5.74, 6) is -0.187. The normalized spacial score (nSPS) is 12.1. The molecule has 0 aliphatic rings. The maximum absolute atomic E-state index is 9.22. The molecular weight excluding hydrogens is 253 g/mol. The molecule has 1 aromatic carbocycles. The van der Waals surface area contributed by atoms with Gasteiger partial charge >= 0.3 is 0 Å². The van der Waals surface area contributed by atoms with Crippen LogP contribution in [0.25, 0.3) is 0 Å². The van der Waals surface area contributed by atoms with E-state index in [1.807, 2.05) is 0 Å². The number of hydrogen-bond acceptors (Lipinski definition) is 1. The molecule has 0 spiro atoms. The predicted octanol–water partition coefficient (Wildman–Crippen LogP) is 5.57. The van der Waals surface area contributed by atoms with Gasteiger partial charge in [0.25, 0.3) is 0 Å². The Bertz CT molecular complexity index is 375. The van der Waals surface area contributed by atoms with Gasteiger partial charge in [0.15, 0.2) is 0 Å². The van der Waals surface area contributed by atoms with E-state index in [0.717, 1.165) is 24.8 Å². The molecule has 3 heteroatoms. The summed E-state index contributed by atoms with van der Waals surface area (Å²) in [6, 6.07) is 7.69. The van der Waals surface area contributed by atoms with Gasteiger partial charge in [0.1, 0.15) is 0 Å². The number of unbranched alkanes of at least 4 members (excludes halogenated alkanes) is 3. The Morgan fingerprint density at radius 1 is 1.18 bits per heavy atom. The van der Waals surface area contributed by atoms with Crippen molar-refractivity contribution in [2.45, 2.75) is 44.9 Å². The van der Waals surface area contributed by atoms with Gasteiger partial charge in [-0.05, 0) is 18.6 Å². The zero-order chi connectivity index (χ0) is 12.7. The van der Waals surface area contributed by atoms with Gasteiger partial charge in [0.2, 0.25) is 0 Å². The molecule has 92 valence electrons. The number of benzene rings is 1. The van der Waals surface area contributed by atoms with Crippen LogP contribution in [-0.4, -0.2) is 0 Å². The summed E-state index contributed by atoms with van der Waals surface area (Å²) < 4.78 is 0. The third kappa shape index (κ3) is 4.22. The number of nitrogens with zero attached hydrogens (tertiary/aromatic N) is 1. The Labute approximate surface area is 113 Å². The van der Waals surface area contributed by atoms with Crippen LogP contribution in [0.4, 0.5) is 0 Å². The highest BCUT2D eigenvalue weighted by Gasteiger charge is 2.16. The molecule has 1 aromatic rings. The fourth-order valence-corrected chi connectivity index (χ4v) is 2.55. The lowest BCUT2D eigenvalue weighted by atomic mass is 9.94. The van der Waals surface area contributed by atoms with E-state index < -0.39 is 0 Å². The zero-order valence-electron chi connectivity index (χ0n) is 10.0. The first-order valence-corrected chi connectivity index (χ1v) is 6.79. The van der Waals surface area contributed by atoms with E-state index in [1.54, 1.807) is 18.2 Å². The number of halogens is 2. The van der Waals surface area contributed by atoms with E-state index in [-0.39, 0.29) is 5.92 Å². The maximum Gasteiger partial charge on any atom is 0.0742 e. The van der Waals surface area contributed by atoms with Crippen LogP contribution in [0, 0.1) is 11.3 Å². The van der Waals surface area contributed by atoms with Gasteiger partial charge in [-0.2, -0.15) is 5.26 Å². The lowest BCUT2D eigenvalue weighted by molar-refractivity contribution is 0.608. The third-order valence-electron chi connectivity index (χ3n) is 2.85. The van der Waals surface area contributed by atoms with Crippen molar-refractivity contribution >= 4 is 23.2 Å². The van der Waals surface area contributed by atoms with Crippen molar-refractivity contribution in [3.05, 3.63) is 33.8 Å². The average Bonchev–Trinajstić information content (AvgIpc) is 2.31. The maximum atomic E-state index is 9.22. The van der Waals surface area contributed by atoms with E-state index in [1.165, 1.54) is 12.8 Å². The molecule has 17 heavy (non-hydrogen) atoms. The molecule has 0 bridgehead atoms. The van der Waals surface area contributed by atoms with Crippen molar-refractivity contribution in [2.24, 2.45) is 0 Å². The van der Waals surface area contributed by atoms with Crippen LogP contribution in [0.15, 0.2) is 18.2 Å². The Kier molecular flexibility index (Phi) is 6.40.